The van der Waals surface area contributed by atoms with E-state index < -0.39 is 5.60 Å². The molecule has 0 atom stereocenters. The predicted octanol–water partition coefficient (Wildman–Crippen LogP) is 6.73. The van der Waals surface area contributed by atoms with Gasteiger partial charge in [0.25, 0.3) is 0 Å². The van der Waals surface area contributed by atoms with Gasteiger partial charge in [0.1, 0.15) is 5.60 Å². The molecule has 0 amide bonds. The van der Waals surface area contributed by atoms with E-state index in [1.807, 2.05) is 0 Å². The van der Waals surface area contributed by atoms with Gasteiger partial charge in [-0.25, -0.2) is 0 Å². The van der Waals surface area contributed by atoms with E-state index in [0.29, 0.717) is 0 Å². The third kappa shape index (κ3) is 2.81. The van der Waals surface area contributed by atoms with Crippen LogP contribution < -0.4 is 0 Å². The van der Waals surface area contributed by atoms with Crippen molar-refractivity contribution in [3.8, 4) is 0 Å². The quantitative estimate of drug-likeness (QED) is 0.375. The van der Waals surface area contributed by atoms with Gasteiger partial charge in [-0.05, 0) is 35.1 Å². The normalized spacial score (nSPS) is 17.3. The van der Waals surface area contributed by atoms with Gasteiger partial charge in [-0.2, -0.15) is 0 Å². The van der Waals surface area contributed by atoms with Crippen molar-refractivity contribution in [2.45, 2.75) is 23.9 Å². The van der Waals surface area contributed by atoms with Crippen molar-refractivity contribution in [1.82, 2.24) is 0 Å². The Morgan fingerprint density at radius 2 is 0.833 bits per heavy atom. The average Bonchev–Trinajstić information content (AvgIpc) is 2.86. The molecule has 0 spiro atoms. The molecule has 0 aromatic heterocycles. The van der Waals surface area contributed by atoms with Gasteiger partial charge in [0.05, 0.1) is 5.41 Å². The van der Waals surface area contributed by atoms with Crippen LogP contribution >= 0.6 is 0 Å². The molecule has 1 heterocycles. The molecule has 0 unspecified atom stereocenters. The van der Waals surface area contributed by atoms with E-state index in [2.05, 4.69) is 121 Å². The summed E-state index contributed by atoms with van der Waals surface area (Å²) >= 11 is 0. The minimum absolute atomic E-state index is 0.337. The van der Waals surface area contributed by atoms with Crippen LogP contribution in [0.15, 0.2) is 121 Å². The lowest BCUT2D eigenvalue weighted by atomic mass is 9.55. The molecule has 1 fully saturated rings. The van der Waals surface area contributed by atoms with Gasteiger partial charge in [-0.3, -0.25) is 0 Å². The van der Waals surface area contributed by atoms with Crippen molar-refractivity contribution in [3.63, 3.8) is 0 Å². The fourth-order valence-corrected chi connectivity index (χ4v) is 5.34. The van der Waals surface area contributed by atoms with Crippen LogP contribution in [0.5, 0.6) is 0 Å². The van der Waals surface area contributed by atoms with Crippen LogP contribution in [-0.2, 0) is 15.8 Å². The van der Waals surface area contributed by atoms with Crippen molar-refractivity contribution in [3.05, 3.63) is 144 Å². The lowest BCUT2D eigenvalue weighted by molar-refractivity contribution is -0.101. The van der Waals surface area contributed by atoms with Gasteiger partial charge in [0, 0.05) is 6.61 Å². The van der Waals surface area contributed by atoms with Crippen LogP contribution in [0.1, 0.15) is 35.1 Å². The summed E-state index contributed by atoms with van der Waals surface area (Å²) in [5.41, 5.74) is 4.03. The van der Waals surface area contributed by atoms with Crippen LogP contribution in [0, 0.1) is 0 Å². The molecule has 1 saturated heterocycles. The van der Waals surface area contributed by atoms with Gasteiger partial charge < -0.3 is 4.74 Å². The highest BCUT2D eigenvalue weighted by molar-refractivity contribution is 5.53. The second kappa shape index (κ2) is 7.93. The van der Waals surface area contributed by atoms with E-state index in [0.717, 1.165) is 19.4 Å². The highest BCUT2D eigenvalue weighted by Crippen LogP contribution is 2.58. The molecular formula is C29H26O. The van der Waals surface area contributed by atoms with E-state index in [9.17, 15) is 0 Å². The molecule has 4 aromatic carbocycles. The Kier molecular flexibility index (Phi) is 4.98. The van der Waals surface area contributed by atoms with Crippen molar-refractivity contribution in [2.75, 3.05) is 6.61 Å². The Labute approximate surface area is 179 Å². The SMILES string of the molecule is c1ccc(C2(c3ccccc3)CCCOC2(c2ccccc2)c2ccccc2)cc1. The van der Waals surface area contributed by atoms with Gasteiger partial charge in [0.15, 0.2) is 0 Å². The summed E-state index contributed by atoms with van der Waals surface area (Å²) in [6.45, 7) is 0.741. The van der Waals surface area contributed by atoms with Crippen molar-refractivity contribution in [2.24, 2.45) is 0 Å². The lowest BCUT2D eigenvalue weighted by Gasteiger charge is -2.54. The highest BCUT2D eigenvalue weighted by Gasteiger charge is 2.58. The molecule has 0 aliphatic carbocycles. The van der Waals surface area contributed by atoms with E-state index >= 15 is 0 Å². The van der Waals surface area contributed by atoms with Crippen LogP contribution in [0.2, 0.25) is 0 Å². The zero-order chi connectivity index (χ0) is 20.3. The first-order valence-corrected chi connectivity index (χ1v) is 10.7. The number of ether oxygens (including phenoxy) is 1. The Morgan fingerprint density at radius 1 is 0.467 bits per heavy atom. The molecule has 0 N–H and O–H groups in total. The summed E-state index contributed by atoms with van der Waals surface area (Å²) in [6, 6.07) is 43.4. The maximum absolute atomic E-state index is 6.96. The molecule has 1 aliphatic heterocycles. The Balaban J connectivity index is 1.92. The topological polar surface area (TPSA) is 9.23 Å². The number of hydrogen-bond donors (Lipinski definition) is 0. The molecule has 148 valence electrons. The largest absolute Gasteiger partial charge is 0.364 e. The van der Waals surface area contributed by atoms with Gasteiger partial charge in [0.2, 0.25) is 0 Å². The number of benzene rings is 4. The smallest absolute Gasteiger partial charge is 0.132 e. The minimum atomic E-state index is -0.615. The van der Waals surface area contributed by atoms with E-state index in [4.69, 9.17) is 4.74 Å². The highest BCUT2D eigenvalue weighted by atomic mass is 16.5. The van der Waals surface area contributed by atoms with Crippen LogP contribution in [0.4, 0.5) is 0 Å². The monoisotopic (exact) mass is 390 g/mol. The number of hydrogen-bond acceptors (Lipinski definition) is 1. The first kappa shape index (κ1) is 18.8. The fraction of sp³-hybridized carbons (Fsp3) is 0.172. The molecule has 1 nitrogen and oxygen atoms in total. The van der Waals surface area contributed by atoms with Crippen molar-refractivity contribution >= 4 is 0 Å². The zero-order valence-corrected chi connectivity index (χ0v) is 17.1. The van der Waals surface area contributed by atoms with Gasteiger partial charge >= 0.3 is 0 Å². The summed E-state index contributed by atoms with van der Waals surface area (Å²) in [4.78, 5) is 0. The average molecular weight is 391 g/mol. The summed E-state index contributed by atoms with van der Waals surface area (Å²) in [7, 11) is 0. The molecule has 0 bridgehead atoms. The Hall–Kier alpha value is -3.16. The molecular weight excluding hydrogens is 364 g/mol. The predicted molar refractivity (Wildman–Crippen MR) is 123 cm³/mol. The van der Waals surface area contributed by atoms with Crippen molar-refractivity contribution < 1.29 is 4.74 Å². The molecule has 30 heavy (non-hydrogen) atoms. The third-order valence-electron chi connectivity index (χ3n) is 6.51. The second-order valence-corrected chi connectivity index (χ2v) is 8.00. The summed E-state index contributed by atoms with van der Waals surface area (Å²) in [5, 5.41) is 0. The van der Waals surface area contributed by atoms with Gasteiger partial charge in [-0.15, -0.1) is 0 Å². The van der Waals surface area contributed by atoms with Crippen LogP contribution in [0.3, 0.4) is 0 Å². The molecule has 5 rings (SSSR count). The van der Waals surface area contributed by atoms with Crippen LogP contribution in [0.25, 0.3) is 0 Å². The standard InChI is InChI=1S/C29H26O/c1-5-14-24(15-6-1)28(25-16-7-2-8-17-25)22-13-23-30-29(28,26-18-9-3-10-19-26)27-20-11-4-12-21-27/h1-12,14-21H,13,22-23H2. The van der Waals surface area contributed by atoms with Crippen molar-refractivity contribution in [1.29, 1.82) is 0 Å². The van der Waals surface area contributed by atoms with E-state index in [1.165, 1.54) is 22.3 Å². The summed E-state index contributed by atoms with van der Waals surface area (Å²) in [6.07, 6.45) is 2.04. The summed E-state index contributed by atoms with van der Waals surface area (Å²) < 4.78 is 6.96. The number of rotatable bonds is 4. The van der Waals surface area contributed by atoms with Crippen LogP contribution in [-0.4, -0.2) is 6.61 Å². The summed E-state index contributed by atoms with van der Waals surface area (Å²) in [5.74, 6) is 0. The Bertz CT molecular complexity index is 902. The Morgan fingerprint density at radius 3 is 1.23 bits per heavy atom. The zero-order valence-electron chi connectivity index (χ0n) is 17.1. The maximum atomic E-state index is 6.96. The van der Waals surface area contributed by atoms with E-state index in [-0.39, 0.29) is 5.41 Å². The van der Waals surface area contributed by atoms with Gasteiger partial charge in [-0.1, -0.05) is 121 Å². The molecule has 1 heteroatoms. The maximum Gasteiger partial charge on any atom is 0.132 e. The molecule has 4 aromatic rings. The molecule has 0 radical (unpaired) electrons. The fourth-order valence-electron chi connectivity index (χ4n) is 5.34. The molecule has 0 saturated carbocycles. The van der Waals surface area contributed by atoms with E-state index in [1.54, 1.807) is 0 Å². The second-order valence-electron chi connectivity index (χ2n) is 8.00. The first-order chi connectivity index (χ1) is 14.9. The molecule has 1 aliphatic rings. The first-order valence-electron chi connectivity index (χ1n) is 10.7. The lowest BCUT2D eigenvalue weighted by Crippen LogP contribution is -2.55. The minimum Gasteiger partial charge on any atom is -0.364 e. The third-order valence-corrected chi connectivity index (χ3v) is 6.51.